The lowest BCUT2D eigenvalue weighted by molar-refractivity contribution is -0.167. The molecule has 63 heavy (non-hydrogen) atoms. The van der Waals surface area contributed by atoms with E-state index in [9.17, 15) is 14.4 Å². The van der Waals surface area contributed by atoms with Gasteiger partial charge in [-0.25, -0.2) is 0 Å². The van der Waals surface area contributed by atoms with Crippen molar-refractivity contribution in [2.75, 3.05) is 13.2 Å². The van der Waals surface area contributed by atoms with E-state index in [4.69, 9.17) is 14.2 Å². The van der Waals surface area contributed by atoms with E-state index in [1.165, 1.54) is 218 Å². The van der Waals surface area contributed by atoms with Gasteiger partial charge in [-0.05, 0) is 25.2 Å². The lowest BCUT2D eigenvalue weighted by Crippen LogP contribution is -2.30. The highest BCUT2D eigenvalue weighted by molar-refractivity contribution is 5.71. The molecule has 0 heterocycles. The average Bonchev–Trinajstić information content (AvgIpc) is 3.27. The second-order valence-electron chi connectivity index (χ2n) is 20.1. The summed E-state index contributed by atoms with van der Waals surface area (Å²) in [5.41, 5.74) is 0. The Hall–Kier alpha value is -1.59. The molecular formula is C57H110O6. The quantitative estimate of drug-likeness (QED) is 0.0344. The first-order valence-corrected chi connectivity index (χ1v) is 28.4. The third-order valence-electron chi connectivity index (χ3n) is 13.0. The maximum absolute atomic E-state index is 12.8. The fraction of sp³-hybridized carbons (Fsp3) is 0.947. The van der Waals surface area contributed by atoms with Gasteiger partial charge in [0.1, 0.15) is 13.2 Å². The summed E-state index contributed by atoms with van der Waals surface area (Å²) in [5, 5.41) is 0. The number of unbranched alkanes of at least 4 members (excludes halogenated alkanes) is 39. The van der Waals surface area contributed by atoms with E-state index in [0.29, 0.717) is 19.3 Å². The van der Waals surface area contributed by atoms with Gasteiger partial charge in [-0.2, -0.15) is 0 Å². The zero-order valence-electron chi connectivity index (χ0n) is 43.0. The smallest absolute Gasteiger partial charge is 0.306 e. The summed E-state index contributed by atoms with van der Waals surface area (Å²) in [6.45, 7) is 9.05. The zero-order valence-corrected chi connectivity index (χ0v) is 43.0. The number of esters is 3. The van der Waals surface area contributed by atoms with Crippen molar-refractivity contribution in [1.29, 1.82) is 0 Å². The first kappa shape index (κ1) is 61.4. The van der Waals surface area contributed by atoms with E-state index in [0.717, 1.165) is 63.7 Å². The highest BCUT2D eigenvalue weighted by atomic mass is 16.6. The molecule has 0 radical (unpaired) electrons. The van der Waals surface area contributed by atoms with Crippen LogP contribution in [0.1, 0.15) is 323 Å². The standard InChI is InChI=1S/C57H110O6/c1-5-7-9-11-13-15-17-18-19-20-21-22-27-30-34-38-42-46-50-57(60)63-54(51-61-55(58)48-44-40-36-32-16-14-12-10-8-6-2)52-62-56(59)49-45-41-37-33-29-26-24-23-25-28-31-35-39-43-47-53(3)4/h53-54H,5-52H2,1-4H3/t54-/m1/s1. The molecule has 0 spiro atoms. The molecule has 0 aromatic carbocycles. The summed E-state index contributed by atoms with van der Waals surface area (Å²) in [4.78, 5) is 38.0. The second kappa shape index (κ2) is 51.4. The van der Waals surface area contributed by atoms with Crippen molar-refractivity contribution < 1.29 is 28.6 Å². The molecule has 0 aromatic heterocycles. The summed E-state index contributed by atoms with van der Waals surface area (Å²) < 4.78 is 16.9. The number of carbonyl (C=O) groups excluding carboxylic acids is 3. The molecule has 0 unspecified atom stereocenters. The monoisotopic (exact) mass is 891 g/mol. The molecule has 0 aromatic rings. The van der Waals surface area contributed by atoms with Crippen molar-refractivity contribution >= 4 is 17.9 Å². The number of carbonyl (C=O) groups is 3. The Morgan fingerprint density at radius 1 is 0.302 bits per heavy atom. The summed E-state index contributed by atoms with van der Waals surface area (Å²) in [5.74, 6) is 0.00603. The van der Waals surface area contributed by atoms with Gasteiger partial charge in [0.2, 0.25) is 0 Å². The number of hydrogen-bond donors (Lipinski definition) is 0. The molecule has 0 aliphatic rings. The van der Waals surface area contributed by atoms with Crippen LogP contribution in [0.4, 0.5) is 0 Å². The van der Waals surface area contributed by atoms with Crippen molar-refractivity contribution in [3.63, 3.8) is 0 Å². The molecule has 0 aliphatic heterocycles. The molecule has 0 saturated heterocycles. The van der Waals surface area contributed by atoms with E-state index in [1.54, 1.807) is 0 Å². The van der Waals surface area contributed by atoms with Crippen molar-refractivity contribution in [3.05, 3.63) is 0 Å². The molecule has 0 rings (SSSR count). The predicted octanol–water partition coefficient (Wildman–Crippen LogP) is 18.6. The summed E-state index contributed by atoms with van der Waals surface area (Å²) >= 11 is 0. The maximum atomic E-state index is 12.8. The van der Waals surface area contributed by atoms with Gasteiger partial charge in [0.15, 0.2) is 6.10 Å². The Labute approximate surface area is 393 Å². The van der Waals surface area contributed by atoms with Crippen LogP contribution in [0.5, 0.6) is 0 Å². The van der Waals surface area contributed by atoms with E-state index < -0.39 is 6.10 Å². The van der Waals surface area contributed by atoms with Gasteiger partial charge in [-0.3, -0.25) is 14.4 Å². The van der Waals surface area contributed by atoms with Gasteiger partial charge in [0, 0.05) is 19.3 Å². The Morgan fingerprint density at radius 2 is 0.524 bits per heavy atom. The molecule has 0 saturated carbocycles. The number of ether oxygens (including phenoxy) is 3. The van der Waals surface area contributed by atoms with Crippen molar-refractivity contribution in [2.45, 2.75) is 329 Å². The van der Waals surface area contributed by atoms with Crippen LogP contribution in [-0.4, -0.2) is 37.2 Å². The van der Waals surface area contributed by atoms with Crippen LogP contribution in [0.25, 0.3) is 0 Å². The van der Waals surface area contributed by atoms with Crippen LogP contribution >= 0.6 is 0 Å². The van der Waals surface area contributed by atoms with Crippen LogP contribution in [-0.2, 0) is 28.6 Å². The van der Waals surface area contributed by atoms with Gasteiger partial charge < -0.3 is 14.2 Å². The fourth-order valence-electron chi connectivity index (χ4n) is 8.75. The van der Waals surface area contributed by atoms with Crippen molar-refractivity contribution in [2.24, 2.45) is 5.92 Å². The largest absolute Gasteiger partial charge is 0.462 e. The number of hydrogen-bond acceptors (Lipinski definition) is 6. The Balaban J connectivity index is 4.24. The topological polar surface area (TPSA) is 78.9 Å². The minimum Gasteiger partial charge on any atom is -0.462 e. The fourth-order valence-corrected chi connectivity index (χ4v) is 8.75. The highest BCUT2D eigenvalue weighted by Crippen LogP contribution is 2.18. The van der Waals surface area contributed by atoms with E-state index in [2.05, 4.69) is 27.7 Å². The van der Waals surface area contributed by atoms with Gasteiger partial charge >= 0.3 is 17.9 Å². The van der Waals surface area contributed by atoms with Crippen molar-refractivity contribution in [1.82, 2.24) is 0 Å². The Morgan fingerprint density at radius 3 is 0.778 bits per heavy atom. The van der Waals surface area contributed by atoms with Crippen LogP contribution < -0.4 is 0 Å². The summed E-state index contributed by atoms with van der Waals surface area (Å²) in [6.07, 6.45) is 55.2. The summed E-state index contributed by atoms with van der Waals surface area (Å²) in [6, 6.07) is 0. The van der Waals surface area contributed by atoms with Crippen LogP contribution in [0.3, 0.4) is 0 Å². The van der Waals surface area contributed by atoms with Crippen LogP contribution in [0.15, 0.2) is 0 Å². The molecule has 6 heteroatoms. The second-order valence-corrected chi connectivity index (χ2v) is 20.1. The predicted molar refractivity (Wildman–Crippen MR) is 270 cm³/mol. The molecule has 0 N–H and O–H groups in total. The highest BCUT2D eigenvalue weighted by Gasteiger charge is 2.19. The number of rotatable bonds is 52. The molecule has 0 bridgehead atoms. The average molecular weight is 892 g/mol. The minimum absolute atomic E-state index is 0.0621. The molecule has 6 nitrogen and oxygen atoms in total. The maximum Gasteiger partial charge on any atom is 0.306 e. The Bertz CT molecular complexity index is 949. The van der Waals surface area contributed by atoms with E-state index in [-0.39, 0.29) is 31.1 Å². The molecule has 374 valence electrons. The van der Waals surface area contributed by atoms with Gasteiger partial charge in [-0.15, -0.1) is 0 Å². The first-order valence-electron chi connectivity index (χ1n) is 28.4. The SMILES string of the molecule is CCCCCCCCCCCCCCCCCCCCC(=O)O[C@H](COC(=O)CCCCCCCCCCCC)COC(=O)CCCCCCCCCCCCCCCCC(C)C. The van der Waals surface area contributed by atoms with Gasteiger partial charge in [-0.1, -0.05) is 285 Å². The molecule has 0 fully saturated rings. The lowest BCUT2D eigenvalue weighted by Gasteiger charge is -2.18. The lowest BCUT2D eigenvalue weighted by atomic mass is 10.0. The third kappa shape index (κ3) is 51.3. The molecule has 1 atom stereocenters. The summed E-state index contributed by atoms with van der Waals surface area (Å²) in [7, 11) is 0. The van der Waals surface area contributed by atoms with Crippen molar-refractivity contribution in [3.8, 4) is 0 Å². The Kier molecular flexibility index (Phi) is 50.1. The van der Waals surface area contributed by atoms with Crippen LogP contribution in [0.2, 0.25) is 0 Å². The molecule has 0 aliphatic carbocycles. The molecule has 0 amide bonds. The first-order chi connectivity index (χ1) is 30.9. The van der Waals surface area contributed by atoms with E-state index in [1.807, 2.05) is 0 Å². The normalized spacial score (nSPS) is 12.0. The zero-order chi connectivity index (χ0) is 45.9. The third-order valence-corrected chi connectivity index (χ3v) is 13.0. The van der Waals surface area contributed by atoms with Gasteiger partial charge in [0.25, 0.3) is 0 Å². The van der Waals surface area contributed by atoms with Crippen LogP contribution in [0, 0.1) is 5.92 Å². The van der Waals surface area contributed by atoms with E-state index >= 15 is 0 Å². The minimum atomic E-state index is -0.761. The molecular weight excluding hydrogens is 781 g/mol. The van der Waals surface area contributed by atoms with Gasteiger partial charge in [0.05, 0.1) is 0 Å².